The van der Waals surface area contributed by atoms with Gasteiger partial charge in [-0.1, -0.05) is 59.8 Å². The average Bonchev–Trinajstić information content (AvgIpc) is 3.87. The Balaban J connectivity index is 1.18. The van der Waals surface area contributed by atoms with E-state index in [4.69, 9.17) is 28.7 Å². The second-order valence-corrected chi connectivity index (χ2v) is 22.0. The van der Waals surface area contributed by atoms with Crippen molar-refractivity contribution in [2.75, 3.05) is 58.4 Å². The number of likely N-dealkylation sites (tertiary alicyclic amines) is 2. The Bertz CT molecular complexity index is 2610. The van der Waals surface area contributed by atoms with E-state index in [2.05, 4.69) is 29.1 Å². The number of nitrogens with one attached hydrogen (secondary N) is 1. The molecule has 1 spiro atoms. The third-order valence-electron chi connectivity index (χ3n) is 16.6. The van der Waals surface area contributed by atoms with Crippen LogP contribution in [0.1, 0.15) is 110 Å². The molecule has 3 saturated heterocycles. The first-order valence-electron chi connectivity index (χ1n) is 26.1. The summed E-state index contributed by atoms with van der Waals surface area (Å²) in [6.45, 7) is 21.1. The number of phenols is 2. The van der Waals surface area contributed by atoms with Crippen LogP contribution in [0, 0.1) is 48.3 Å². The summed E-state index contributed by atoms with van der Waals surface area (Å²) in [4.78, 5) is 56.9. The van der Waals surface area contributed by atoms with E-state index in [1.807, 2.05) is 6.92 Å². The first kappa shape index (κ1) is 53.2. The molecule has 5 bridgehead atoms. The van der Waals surface area contributed by atoms with Gasteiger partial charge >= 0.3 is 11.9 Å². The lowest BCUT2D eigenvalue weighted by atomic mass is 9.78. The highest BCUT2D eigenvalue weighted by Gasteiger charge is 2.51. The lowest BCUT2D eigenvalue weighted by Crippen LogP contribution is -2.49. The van der Waals surface area contributed by atoms with E-state index in [0.717, 1.165) is 58.5 Å². The van der Waals surface area contributed by atoms with Crippen LogP contribution in [0.15, 0.2) is 46.1 Å². The Hall–Kier alpha value is -5.07. The number of methoxy groups -OCH3 is 1. The maximum Gasteiger partial charge on any atom is 0.410 e. The molecule has 7 aliphatic rings. The zero-order valence-electron chi connectivity index (χ0n) is 43.8. The van der Waals surface area contributed by atoms with Crippen molar-refractivity contribution in [3.8, 4) is 17.2 Å². The van der Waals surface area contributed by atoms with Crippen LogP contribution in [0.3, 0.4) is 0 Å². The molecule has 17 nitrogen and oxygen atoms in total. The van der Waals surface area contributed by atoms with Gasteiger partial charge in [0.1, 0.15) is 34.0 Å². The van der Waals surface area contributed by atoms with E-state index in [1.54, 1.807) is 63.8 Å². The number of piperidine rings is 2. The van der Waals surface area contributed by atoms with Crippen molar-refractivity contribution in [2.24, 2.45) is 51.4 Å². The average molecular weight is 1000 g/mol. The van der Waals surface area contributed by atoms with E-state index >= 15 is 0 Å². The Kier molecular flexibility index (Phi) is 15.8. The molecule has 0 unspecified atom stereocenters. The van der Waals surface area contributed by atoms with Crippen molar-refractivity contribution in [3.63, 3.8) is 0 Å². The van der Waals surface area contributed by atoms with Gasteiger partial charge in [-0.25, -0.2) is 9.79 Å². The highest BCUT2D eigenvalue weighted by Crippen LogP contribution is 2.51. The standard InChI is InChI=1S/C55H77N5O12/c1-29(2)28-59-23-19-55(20-24-59)57-42-39-40-47(63)35(8)50-41(39)51(65)54(9,72-50)70-27-18-38(68-10)32(5)49(71-53(67)60-21-14-36(15-22-60)37-16-25-69-26-17-37)34(7)46(62)33(6)45(61)30(3)12-11-13-31(4)52(66)56-44(48(40)64)43(42)58-55/h11-13,18,27,29-30,32-34,36-38,45-46,49,57,61-64H,14-17,19-26,28H2,1-10H3/b12-11+,27-18+,31-13-,56-44?/t30-,32+,33+,34+,38-,45-,46+,49+,54-/m0/s1. The Morgan fingerprint density at radius 2 is 1.56 bits per heavy atom. The first-order chi connectivity index (χ1) is 34.2. The number of amides is 2. The van der Waals surface area contributed by atoms with Gasteiger partial charge in [-0.3, -0.25) is 14.6 Å². The maximum atomic E-state index is 15.0. The topological polar surface area (TPSA) is 222 Å². The van der Waals surface area contributed by atoms with Crippen LogP contribution < -0.4 is 20.8 Å². The van der Waals surface area contributed by atoms with E-state index in [0.29, 0.717) is 49.4 Å². The summed E-state index contributed by atoms with van der Waals surface area (Å²) in [6, 6.07) is 0. The van der Waals surface area contributed by atoms with Gasteiger partial charge in [-0.2, -0.15) is 0 Å². The Morgan fingerprint density at radius 3 is 2.21 bits per heavy atom. The molecule has 7 heterocycles. The Labute approximate surface area is 423 Å². The van der Waals surface area contributed by atoms with Crippen LogP contribution in [0.4, 0.5) is 10.5 Å². The number of phenolic OH excluding ortho intramolecular Hbond substituents is 2. The van der Waals surface area contributed by atoms with E-state index in [-0.39, 0.29) is 49.7 Å². The zero-order valence-corrected chi connectivity index (χ0v) is 43.8. The lowest BCUT2D eigenvalue weighted by molar-refractivity contribution is -0.114. The molecule has 3 fully saturated rings. The fourth-order valence-corrected chi connectivity index (χ4v) is 12.0. The van der Waals surface area contributed by atoms with Crippen molar-refractivity contribution in [2.45, 2.75) is 137 Å². The monoisotopic (exact) mass is 1000 g/mol. The molecule has 5 N–H and O–H groups in total. The van der Waals surface area contributed by atoms with Crippen LogP contribution >= 0.6 is 0 Å². The summed E-state index contributed by atoms with van der Waals surface area (Å²) in [5.74, 6) is -5.05. The molecule has 0 aromatic heterocycles. The normalized spacial score (nSPS) is 32.6. The molecular formula is C55H77N5O12. The van der Waals surface area contributed by atoms with Crippen molar-refractivity contribution in [1.29, 1.82) is 0 Å². The van der Waals surface area contributed by atoms with Gasteiger partial charge in [-0.05, 0) is 63.4 Å². The number of benzene rings is 2. The predicted octanol–water partition coefficient (Wildman–Crippen LogP) is 6.46. The van der Waals surface area contributed by atoms with Crippen molar-refractivity contribution in [1.82, 2.24) is 9.80 Å². The smallest absolute Gasteiger partial charge is 0.410 e. The van der Waals surface area contributed by atoms with Crippen LogP contribution in [0.5, 0.6) is 17.2 Å². The second kappa shape index (κ2) is 21.4. The second-order valence-electron chi connectivity index (χ2n) is 22.0. The van der Waals surface area contributed by atoms with Gasteiger partial charge in [-0.15, -0.1) is 0 Å². The number of hydrogen-bond acceptors (Lipinski definition) is 15. The zero-order chi connectivity index (χ0) is 52.0. The van der Waals surface area contributed by atoms with Gasteiger partial charge in [0.05, 0.1) is 41.2 Å². The van der Waals surface area contributed by atoms with Crippen LogP contribution in [0.25, 0.3) is 10.8 Å². The predicted molar refractivity (Wildman–Crippen MR) is 270 cm³/mol. The quantitative estimate of drug-likeness (QED) is 0.203. The number of aliphatic hydroxyl groups is 2. The molecule has 394 valence electrons. The number of nitrogens with zero attached hydrogens (tertiary/aromatic N) is 4. The van der Waals surface area contributed by atoms with Crippen LogP contribution in [-0.4, -0.2) is 137 Å². The van der Waals surface area contributed by atoms with Gasteiger partial charge in [0.2, 0.25) is 0 Å². The summed E-state index contributed by atoms with van der Waals surface area (Å²) < 4.78 is 30.7. The van der Waals surface area contributed by atoms with E-state index < -0.39 is 83.1 Å². The van der Waals surface area contributed by atoms with Gasteiger partial charge < -0.3 is 59.2 Å². The number of hydrogen-bond donors (Lipinski definition) is 5. The van der Waals surface area contributed by atoms with Gasteiger partial charge in [0, 0.05) is 113 Å². The number of ether oxygens (including phenoxy) is 5. The SMILES string of the molecule is CO[C@H]1/C=C/O[C@@]2(C)Oc3c(C)c(O)c4c(O)c(c5c(c4c3C2=O)NC2(CCN(CC(C)C)CC2)N=5)=NC(=O)/C(C)=C\C=C\[C@H](C)[C@H](O)[C@@H](C)[C@@H](O)[C@@H](C)[C@H](OC(=O)N2CCC(C3CCOCC3)CC2)[C@@H]1C. The third-order valence-corrected chi connectivity index (χ3v) is 16.6. The van der Waals surface area contributed by atoms with Crippen LogP contribution in [0.2, 0.25) is 0 Å². The van der Waals surface area contributed by atoms with Crippen molar-refractivity contribution in [3.05, 3.63) is 58.0 Å². The summed E-state index contributed by atoms with van der Waals surface area (Å²) in [6.07, 6.45) is 8.36. The summed E-state index contributed by atoms with van der Waals surface area (Å²) >= 11 is 0. The molecule has 0 saturated carbocycles. The Morgan fingerprint density at radius 1 is 0.889 bits per heavy atom. The minimum atomic E-state index is -1.97. The van der Waals surface area contributed by atoms with E-state index in [1.165, 1.54) is 20.3 Å². The molecule has 0 radical (unpaired) electrons. The number of anilines is 1. The lowest BCUT2D eigenvalue weighted by Gasteiger charge is -2.40. The highest BCUT2D eigenvalue weighted by atomic mass is 16.7. The largest absolute Gasteiger partial charge is 0.507 e. The first-order valence-corrected chi connectivity index (χ1v) is 26.1. The number of rotatable bonds is 5. The molecule has 9 rings (SSSR count). The molecule has 2 amide bonds. The number of aromatic hydroxyl groups is 2. The maximum absolute atomic E-state index is 15.0. The summed E-state index contributed by atoms with van der Waals surface area (Å²) in [5, 5.41) is 51.6. The van der Waals surface area contributed by atoms with E-state index in [9.17, 15) is 34.8 Å². The highest BCUT2D eigenvalue weighted by molar-refractivity contribution is 6.21. The molecule has 72 heavy (non-hydrogen) atoms. The number of Topliss-reactive ketones (excluding diaryl/α,β-unsaturated/α-hetero) is 1. The van der Waals surface area contributed by atoms with Crippen molar-refractivity contribution >= 4 is 34.2 Å². The third kappa shape index (κ3) is 10.2. The summed E-state index contributed by atoms with van der Waals surface area (Å²) in [5.41, 5.74) is -0.109. The number of carbonyl (C=O) groups excluding carboxylic acids is 3. The fraction of sp³-hybridized carbons (Fsp3) is 0.655. The molecule has 2 aromatic carbocycles. The number of ketones is 1. The van der Waals surface area contributed by atoms with Crippen LogP contribution in [-0.2, 0) is 23.7 Å². The molecule has 9 atom stereocenters. The number of fused-ring (bicyclic) bond motifs is 13. The molecule has 0 aliphatic carbocycles. The van der Waals surface area contributed by atoms with Gasteiger partial charge in [0.25, 0.3) is 11.7 Å². The number of aliphatic hydroxyl groups excluding tert-OH is 2. The fourth-order valence-electron chi connectivity index (χ4n) is 12.0. The molecular weight excluding hydrogens is 923 g/mol. The minimum absolute atomic E-state index is 0.0574. The molecule has 17 heteroatoms. The number of allylic oxidation sites excluding steroid dienone is 2. The molecule has 2 aromatic rings. The minimum Gasteiger partial charge on any atom is -0.507 e. The summed E-state index contributed by atoms with van der Waals surface area (Å²) in [7, 11) is 1.51. The van der Waals surface area contributed by atoms with Gasteiger partial charge in [0.15, 0.2) is 5.75 Å². The molecule has 7 aliphatic heterocycles. The number of carbonyl (C=O) groups is 3. The van der Waals surface area contributed by atoms with Crippen molar-refractivity contribution < 1.29 is 58.5 Å².